The van der Waals surface area contributed by atoms with E-state index >= 15 is 0 Å². The van der Waals surface area contributed by atoms with Crippen molar-refractivity contribution in [3.05, 3.63) is 56.9 Å². The molecule has 31 heavy (non-hydrogen) atoms. The molecular weight excluding hydrogens is 398 g/mol. The SMILES string of the molecule is COCCN(C(=O)Cn1c(C)cc2ccccc21)c1c(N)n(CC(C)C)c(=O)[nH]c1=O. The summed E-state index contributed by atoms with van der Waals surface area (Å²) in [4.78, 5) is 42.0. The molecule has 0 bridgehead atoms. The van der Waals surface area contributed by atoms with Crippen molar-refractivity contribution in [3.63, 3.8) is 0 Å². The number of nitrogens with two attached hydrogens (primary N) is 1. The van der Waals surface area contributed by atoms with Gasteiger partial charge in [-0.3, -0.25) is 19.1 Å². The number of carbonyl (C=O) groups is 1. The van der Waals surface area contributed by atoms with E-state index in [0.29, 0.717) is 6.54 Å². The van der Waals surface area contributed by atoms with Crippen LogP contribution in [-0.4, -0.2) is 40.3 Å². The number of hydrogen-bond donors (Lipinski definition) is 2. The highest BCUT2D eigenvalue weighted by Crippen LogP contribution is 2.22. The second-order valence-corrected chi connectivity index (χ2v) is 7.97. The Morgan fingerprint density at radius 2 is 1.94 bits per heavy atom. The molecule has 3 rings (SSSR count). The smallest absolute Gasteiger partial charge is 0.330 e. The number of benzene rings is 1. The molecular formula is C22H29N5O4. The third-order valence-electron chi connectivity index (χ3n) is 5.16. The van der Waals surface area contributed by atoms with Crippen LogP contribution in [0.1, 0.15) is 19.5 Å². The van der Waals surface area contributed by atoms with E-state index in [-0.39, 0.29) is 43.0 Å². The molecule has 1 amide bonds. The predicted octanol–water partition coefficient (Wildman–Crippen LogP) is 1.72. The van der Waals surface area contributed by atoms with Crippen molar-refractivity contribution in [1.82, 2.24) is 14.1 Å². The van der Waals surface area contributed by atoms with Crippen LogP contribution in [0.2, 0.25) is 0 Å². The summed E-state index contributed by atoms with van der Waals surface area (Å²) in [6, 6.07) is 9.79. The number of anilines is 2. The molecule has 0 fully saturated rings. The van der Waals surface area contributed by atoms with Gasteiger partial charge in [-0.25, -0.2) is 4.79 Å². The summed E-state index contributed by atoms with van der Waals surface area (Å²) in [7, 11) is 1.51. The molecule has 9 heteroatoms. The first-order valence-corrected chi connectivity index (χ1v) is 10.2. The van der Waals surface area contributed by atoms with Crippen molar-refractivity contribution < 1.29 is 9.53 Å². The van der Waals surface area contributed by atoms with Crippen molar-refractivity contribution in [2.45, 2.75) is 33.9 Å². The predicted molar refractivity (Wildman–Crippen MR) is 121 cm³/mol. The zero-order valence-electron chi connectivity index (χ0n) is 18.3. The minimum absolute atomic E-state index is 0.0191. The van der Waals surface area contributed by atoms with Crippen LogP contribution in [0.5, 0.6) is 0 Å². The number of nitrogens with one attached hydrogen (secondary N) is 1. The number of aryl methyl sites for hydroxylation is 1. The number of H-pyrrole nitrogens is 1. The third kappa shape index (κ3) is 4.56. The molecule has 0 saturated heterocycles. The molecule has 2 aromatic heterocycles. The van der Waals surface area contributed by atoms with Crippen LogP contribution in [0.4, 0.5) is 11.5 Å². The quantitative estimate of drug-likeness (QED) is 0.568. The average Bonchev–Trinajstić information content (AvgIpc) is 3.02. The minimum atomic E-state index is -0.693. The third-order valence-corrected chi connectivity index (χ3v) is 5.16. The van der Waals surface area contributed by atoms with E-state index in [2.05, 4.69) is 4.98 Å². The fraction of sp³-hybridized carbons (Fsp3) is 0.409. The van der Waals surface area contributed by atoms with Crippen molar-refractivity contribution in [1.29, 1.82) is 0 Å². The van der Waals surface area contributed by atoms with E-state index in [1.807, 2.05) is 55.7 Å². The Kier molecular flexibility index (Phi) is 6.65. The van der Waals surface area contributed by atoms with Crippen molar-refractivity contribution in [3.8, 4) is 0 Å². The summed E-state index contributed by atoms with van der Waals surface area (Å²) < 4.78 is 8.34. The number of rotatable bonds is 8. The van der Waals surface area contributed by atoms with Crippen molar-refractivity contribution in [2.24, 2.45) is 5.92 Å². The van der Waals surface area contributed by atoms with Crippen LogP contribution in [0.15, 0.2) is 39.9 Å². The Labute approximate surface area is 180 Å². The average molecular weight is 428 g/mol. The van der Waals surface area contributed by atoms with Gasteiger partial charge in [-0.05, 0) is 30.4 Å². The van der Waals surface area contributed by atoms with E-state index in [1.54, 1.807) is 0 Å². The summed E-state index contributed by atoms with van der Waals surface area (Å²) in [6.45, 7) is 6.47. The van der Waals surface area contributed by atoms with E-state index in [4.69, 9.17) is 10.5 Å². The van der Waals surface area contributed by atoms with E-state index in [1.165, 1.54) is 16.6 Å². The zero-order valence-corrected chi connectivity index (χ0v) is 18.3. The summed E-state index contributed by atoms with van der Waals surface area (Å²) in [6.07, 6.45) is 0. The molecule has 0 radical (unpaired) electrons. The minimum Gasteiger partial charge on any atom is -0.383 e. The number of aromatic amines is 1. The van der Waals surface area contributed by atoms with Gasteiger partial charge >= 0.3 is 5.69 Å². The number of hydrogen-bond acceptors (Lipinski definition) is 5. The fourth-order valence-corrected chi connectivity index (χ4v) is 3.71. The summed E-state index contributed by atoms with van der Waals surface area (Å²) >= 11 is 0. The second kappa shape index (κ2) is 9.22. The molecule has 0 aliphatic carbocycles. The molecule has 0 atom stereocenters. The first kappa shape index (κ1) is 22.4. The molecule has 3 aromatic rings. The highest BCUT2D eigenvalue weighted by molar-refractivity contribution is 5.96. The molecule has 2 heterocycles. The van der Waals surface area contributed by atoms with Gasteiger partial charge in [0.2, 0.25) is 5.91 Å². The molecule has 1 aromatic carbocycles. The maximum Gasteiger partial charge on any atom is 0.330 e. The number of amides is 1. The number of fused-ring (bicyclic) bond motifs is 1. The van der Waals surface area contributed by atoms with Gasteiger partial charge in [0.1, 0.15) is 12.4 Å². The molecule has 0 spiro atoms. The lowest BCUT2D eigenvalue weighted by molar-refractivity contribution is -0.119. The van der Waals surface area contributed by atoms with Crippen LogP contribution >= 0.6 is 0 Å². The molecule has 0 aliphatic rings. The number of nitrogen functional groups attached to an aromatic ring is 1. The van der Waals surface area contributed by atoms with Crippen LogP contribution in [0, 0.1) is 12.8 Å². The lowest BCUT2D eigenvalue weighted by Gasteiger charge is -2.25. The first-order valence-electron chi connectivity index (χ1n) is 10.2. The van der Waals surface area contributed by atoms with Gasteiger partial charge in [0.15, 0.2) is 5.69 Å². The van der Waals surface area contributed by atoms with Crippen LogP contribution < -0.4 is 21.9 Å². The van der Waals surface area contributed by atoms with Crippen LogP contribution in [-0.2, 0) is 22.6 Å². The van der Waals surface area contributed by atoms with Gasteiger partial charge in [0.25, 0.3) is 5.56 Å². The van der Waals surface area contributed by atoms with Crippen LogP contribution in [0.25, 0.3) is 10.9 Å². The summed E-state index contributed by atoms with van der Waals surface area (Å²) in [5.74, 6) is -0.231. The number of ether oxygens (including phenoxy) is 1. The Hall–Kier alpha value is -3.33. The molecule has 0 aliphatic heterocycles. The zero-order chi connectivity index (χ0) is 22.7. The number of aromatic nitrogens is 3. The number of nitrogens with zero attached hydrogens (tertiary/aromatic N) is 3. The van der Waals surface area contributed by atoms with Gasteiger partial charge in [-0.2, -0.15) is 0 Å². The van der Waals surface area contributed by atoms with Crippen molar-refractivity contribution >= 4 is 28.3 Å². The Bertz CT molecular complexity index is 1200. The highest BCUT2D eigenvalue weighted by Gasteiger charge is 2.25. The maximum absolute atomic E-state index is 13.4. The molecule has 9 nitrogen and oxygen atoms in total. The first-order chi connectivity index (χ1) is 14.7. The molecule has 3 N–H and O–H groups in total. The second-order valence-electron chi connectivity index (χ2n) is 7.97. The summed E-state index contributed by atoms with van der Waals surface area (Å²) in [5, 5.41) is 1.03. The lowest BCUT2D eigenvalue weighted by atomic mass is 10.2. The standard InChI is InChI=1S/C22H29N5O4/c1-14(2)12-27-20(23)19(21(29)24-22(27)30)25(9-10-31-4)18(28)13-26-15(3)11-16-7-5-6-8-17(16)26/h5-8,11,14H,9-10,12-13,23H2,1-4H3,(H,24,29,30). The fourth-order valence-electron chi connectivity index (χ4n) is 3.71. The topological polar surface area (TPSA) is 115 Å². The largest absolute Gasteiger partial charge is 0.383 e. The van der Waals surface area contributed by atoms with E-state index < -0.39 is 11.2 Å². The van der Waals surface area contributed by atoms with E-state index in [9.17, 15) is 14.4 Å². The molecule has 0 unspecified atom stereocenters. The number of para-hydroxylation sites is 1. The van der Waals surface area contributed by atoms with Gasteiger partial charge in [-0.1, -0.05) is 32.0 Å². The highest BCUT2D eigenvalue weighted by atomic mass is 16.5. The van der Waals surface area contributed by atoms with Gasteiger partial charge in [-0.15, -0.1) is 0 Å². The summed E-state index contributed by atoms with van der Waals surface area (Å²) in [5.41, 5.74) is 6.77. The monoisotopic (exact) mass is 427 g/mol. The van der Waals surface area contributed by atoms with Crippen molar-refractivity contribution in [2.75, 3.05) is 30.9 Å². The van der Waals surface area contributed by atoms with Gasteiger partial charge in [0.05, 0.1) is 6.61 Å². The normalized spacial score (nSPS) is 11.4. The molecule has 166 valence electrons. The van der Waals surface area contributed by atoms with E-state index in [0.717, 1.165) is 16.6 Å². The van der Waals surface area contributed by atoms with Gasteiger partial charge < -0.3 is 19.9 Å². The Balaban J connectivity index is 2.06. The van der Waals surface area contributed by atoms with Crippen LogP contribution in [0.3, 0.4) is 0 Å². The van der Waals surface area contributed by atoms with Gasteiger partial charge in [0, 0.05) is 31.4 Å². The Morgan fingerprint density at radius 3 is 2.61 bits per heavy atom. The lowest BCUT2D eigenvalue weighted by Crippen LogP contribution is -2.44. The number of methoxy groups -OCH3 is 1. The maximum atomic E-state index is 13.4. The number of carbonyl (C=O) groups excluding carboxylic acids is 1. The Morgan fingerprint density at radius 1 is 1.23 bits per heavy atom. The molecule has 0 saturated carbocycles.